The number of fused-ring (bicyclic) bond motifs is 4. The first-order valence-corrected chi connectivity index (χ1v) is 6.56. The molecule has 0 atom stereocenters. The van der Waals surface area contributed by atoms with Crippen molar-refractivity contribution in [1.82, 2.24) is 4.40 Å². The fourth-order valence-corrected chi connectivity index (χ4v) is 3.25. The highest BCUT2D eigenvalue weighted by Crippen LogP contribution is 2.34. The maximum absolute atomic E-state index is 2.35. The van der Waals surface area contributed by atoms with E-state index in [0.717, 1.165) is 0 Å². The standard InChI is InChI=1S/C18H11N/c1-2-5-13-11-16-15(10-12(13)4-1)17-7-3-6-14-8-9-18(16)19(14)17/h1-11H. The van der Waals surface area contributed by atoms with E-state index in [-0.39, 0.29) is 0 Å². The fourth-order valence-electron chi connectivity index (χ4n) is 3.25. The van der Waals surface area contributed by atoms with E-state index in [4.69, 9.17) is 0 Å². The van der Waals surface area contributed by atoms with Gasteiger partial charge in [-0.3, -0.25) is 0 Å². The first-order chi connectivity index (χ1) is 9.42. The van der Waals surface area contributed by atoms with E-state index in [2.05, 4.69) is 71.1 Å². The maximum atomic E-state index is 2.35. The molecule has 3 aromatic heterocycles. The highest BCUT2D eigenvalue weighted by Gasteiger charge is 2.11. The Kier molecular flexibility index (Phi) is 1.52. The summed E-state index contributed by atoms with van der Waals surface area (Å²) in [5.41, 5.74) is 3.89. The van der Waals surface area contributed by atoms with E-state index < -0.39 is 0 Å². The van der Waals surface area contributed by atoms with Gasteiger partial charge in [-0.1, -0.05) is 30.3 Å². The molecule has 3 heterocycles. The quantitative estimate of drug-likeness (QED) is 0.365. The van der Waals surface area contributed by atoms with E-state index in [1.165, 1.54) is 38.1 Å². The van der Waals surface area contributed by atoms with Crippen LogP contribution in [0.2, 0.25) is 0 Å². The molecule has 88 valence electrons. The number of hydrogen-bond donors (Lipinski definition) is 0. The fraction of sp³-hybridized carbons (Fsp3) is 0. The normalized spacial score (nSPS) is 12.2. The minimum Gasteiger partial charge on any atom is -0.309 e. The van der Waals surface area contributed by atoms with Crippen molar-refractivity contribution in [3.05, 3.63) is 66.7 Å². The molecule has 0 bridgehead atoms. The molecule has 19 heavy (non-hydrogen) atoms. The summed E-state index contributed by atoms with van der Waals surface area (Å²) in [6, 6.07) is 24.1. The van der Waals surface area contributed by atoms with Gasteiger partial charge < -0.3 is 4.40 Å². The van der Waals surface area contributed by atoms with Crippen LogP contribution < -0.4 is 0 Å². The second kappa shape index (κ2) is 3.07. The average Bonchev–Trinajstić information content (AvgIpc) is 3.02. The Morgan fingerprint density at radius 3 is 2.00 bits per heavy atom. The van der Waals surface area contributed by atoms with Crippen molar-refractivity contribution in [3.8, 4) is 0 Å². The summed E-state index contributed by atoms with van der Waals surface area (Å²) in [6.07, 6.45) is 0. The lowest BCUT2D eigenvalue weighted by Crippen LogP contribution is -1.79. The average molecular weight is 241 g/mol. The van der Waals surface area contributed by atoms with E-state index >= 15 is 0 Å². The SMILES string of the molecule is c1ccc2cc3c(cc2c1)c1cccc2ccc3n21. The van der Waals surface area contributed by atoms with Crippen molar-refractivity contribution in [3.63, 3.8) is 0 Å². The molecule has 0 unspecified atom stereocenters. The van der Waals surface area contributed by atoms with Crippen molar-refractivity contribution < 1.29 is 0 Å². The first kappa shape index (κ1) is 9.40. The molecule has 0 aliphatic rings. The smallest absolute Gasteiger partial charge is 0.0542 e. The van der Waals surface area contributed by atoms with Gasteiger partial charge in [-0.15, -0.1) is 0 Å². The predicted octanol–water partition coefficient (Wildman–Crippen LogP) is 4.84. The molecule has 0 N–H and O–H groups in total. The van der Waals surface area contributed by atoms with Gasteiger partial charge in [0, 0.05) is 16.3 Å². The number of benzene rings is 2. The molecule has 2 aromatic carbocycles. The maximum Gasteiger partial charge on any atom is 0.0542 e. The van der Waals surface area contributed by atoms with Crippen molar-refractivity contribution in [1.29, 1.82) is 0 Å². The number of rotatable bonds is 0. The van der Waals surface area contributed by atoms with Crippen LogP contribution in [0.5, 0.6) is 0 Å². The van der Waals surface area contributed by atoms with Gasteiger partial charge in [0.25, 0.3) is 0 Å². The van der Waals surface area contributed by atoms with E-state index in [9.17, 15) is 0 Å². The predicted molar refractivity (Wildman–Crippen MR) is 81.1 cm³/mol. The molecule has 1 nitrogen and oxygen atoms in total. The van der Waals surface area contributed by atoms with Crippen molar-refractivity contribution in [2.45, 2.75) is 0 Å². The van der Waals surface area contributed by atoms with Crippen LogP contribution in [-0.2, 0) is 0 Å². The summed E-state index contributed by atoms with van der Waals surface area (Å²) in [4.78, 5) is 0. The molecule has 0 saturated heterocycles. The minimum absolute atomic E-state index is 1.27. The highest BCUT2D eigenvalue weighted by atomic mass is 14.9. The Balaban J connectivity index is 2.18. The van der Waals surface area contributed by atoms with Gasteiger partial charge in [-0.2, -0.15) is 0 Å². The molecular formula is C18H11N. The van der Waals surface area contributed by atoms with Crippen LogP contribution in [0.1, 0.15) is 0 Å². The Morgan fingerprint density at radius 2 is 1.26 bits per heavy atom. The number of aromatic nitrogens is 1. The molecule has 0 saturated carbocycles. The van der Waals surface area contributed by atoms with Gasteiger partial charge in [-0.25, -0.2) is 0 Å². The summed E-state index contributed by atoms with van der Waals surface area (Å²) >= 11 is 0. The van der Waals surface area contributed by atoms with Crippen LogP contribution in [0.3, 0.4) is 0 Å². The Morgan fingerprint density at radius 1 is 0.579 bits per heavy atom. The van der Waals surface area contributed by atoms with Crippen LogP contribution in [0.4, 0.5) is 0 Å². The Labute approximate surface area is 110 Å². The minimum atomic E-state index is 1.27. The van der Waals surface area contributed by atoms with Gasteiger partial charge in [0.05, 0.1) is 11.0 Å². The second-order valence-corrected chi connectivity index (χ2v) is 5.13. The van der Waals surface area contributed by atoms with Crippen molar-refractivity contribution in [2.24, 2.45) is 0 Å². The molecule has 0 aliphatic heterocycles. The topological polar surface area (TPSA) is 4.41 Å². The third-order valence-corrected chi connectivity index (χ3v) is 4.11. The van der Waals surface area contributed by atoms with Crippen LogP contribution in [0, 0.1) is 0 Å². The Hall–Kier alpha value is -2.54. The molecule has 1 heteroatoms. The van der Waals surface area contributed by atoms with E-state index in [1.807, 2.05) is 0 Å². The molecular weight excluding hydrogens is 230 g/mol. The van der Waals surface area contributed by atoms with Gasteiger partial charge >= 0.3 is 0 Å². The lowest BCUT2D eigenvalue weighted by atomic mass is 10.1. The van der Waals surface area contributed by atoms with Crippen LogP contribution in [-0.4, -0.2) is 4.40 Å². The summed E-state index contributed by atoms with van der Waals surface area (Å²) in [7, 11) is 0. The zero-order valence-electron chi connectivity index (χ0n) is 10.3. The lowest BCUT2D eigenvalue weighted by Gasteiger charge is -1.98. The third-order valence-electron chi connectivity index (χ3n) is 4.11. The zero-order chi connectivity index (χ0) is 12.4. The number of pyridine rings is 1. The molecule has 0 spiro atoms. The summed E-state index contributed by atoms with van der Waals surface area (Å²) in [5.74, 6) is 0. The largest absolute Gasteiger partial charge is 0.309 e. The summed E-state index contributed by atoms with van der Waals surface area (Å²) in [5, 5.41) is 5.31. The third kappa shape index (κ3) is 1.06. The molecule has 0 radical (unpaired) electrons. The van der Waals surface area contributed by atoms with Crippen molar-refractivity contribution >= 4 is 38.1 Å². The molecule has 5 aromatic rings. The second-order valence-electron chi connectivity index (χ2n) is 5.13. The highest BCUT2D eigenvalue weighted by molar-refractivity contribution is 6.14. The van der Waals surface area contributed by atoms with Crippen LogP contribution >= 0.6 is 0 Å². The number of hydrogen-bond acceptors (Lipinski definition) is 0. The molecule has 0 amide bonds. The molecule has 5 rings (SSSR count). The van der Waals surface area contributed by atoms with Gasteiger partial charge in [0.1, 0.15) is 0 Å². The molecule has 0 fully saturated rings. The van der Waals surface area contributed by atoms with Gasteiger partial charge in [0.15, 0.2) is 0 Å². The monoisotopic (exact) mass is 241 g/mol. The van der Waals surface area contributed by atoms with Gasteiger partial charge in [-0.05, 0) is 47.2 Å². The Bertz CT molecular complexity index is 1020. The summed E-state index contributed by atoms with van der Waals surface area (Å²) < 4.78 is 2.35. The lowest BCUT2D eigenvalue weighted by molar-refractivity contribution is 1.36. The first-order valence-electron chi connectivity index (χ1n) is 6.56. The zero-order valence-corrected chi connectivity index (χ0v) is 10.3. The summed E-state index contributed by atoms with van der Waals surface area (Å²) in [6.45, 7) is 0. The molecule has 0 aliphatic carbocycles. The van der Waals surface area contributed by atoms with Crippen molar-refractivity contribution in [2.75, 3.05) is 0 Å². The van der Waals surface area contributed by atoms with E-state index in [0.29, 0.717) is 0 Å². The van der Waals surface area contributed by atoms with E-state index in [1.54, 1.807) is 0 Å². The van der Waals surface area contributed by atoms with Crippen LogP contribution in [0.15, 0.2) is 66.7 Å². The number of nitrogens with zero attached hydrogens (tertiary/aromatic N) is 1. The van der Waals surface area contributed by atoms with Crippen LogP contribution in [0.25, 0.3) is 38.1 Å². The van der Waals surface area contributed by atoms with Gasteiger partial charge in [0.2, 0.25) is 0 Å².